The SMILES string of the molecule is CC(C)COc1cccc(C(=O)Nc2ccc(C(=O)NC(C)C(=O)O)cc2)c1. The van der Waals surface area contributed by atoms with Crippen LogP contribution in [0.5, 0.6) is 5.75 Å². The average Bonchev–Trinajstić information content (AvgIpc) is 2.67. The first-order chi connectivity index (χ1) is 13.3. The average molecular weight is 384 g/mol. The number of rotatable bonds is 8. The van der Waals surface area contributed by atoms with Gasteiger partial charge < -0.3 is 20.5 Å². The monoisotopic (exact) mass is 384 g/mol. The zero-order valence-electron chi connectivity index (χ0n) is 16.1. The molecule has 0 aliphatic carbocycles. The van der Waals surface area contributed by atoms with Gasteiger partial charge in [0, 0.05) is 16.8 Å². The second-order valence-corrected chi connectivity index (χ2v) is 6.80. The molecule has 0 aliphatic heterocycles. The third-order valence-electron chi connectivity index (χ3n) is 3.80. The van der Waals surface area contributed by atoms with Gasteiger partial charge in [0.25, 0.3) is 11.8 Å². The highest BCUT2D eigenvalue weighted by Gasteiger charge is 2.15. The Morgan fingerprint density at radius 3 is 2.25 bits per heavy atom. The van der Waals surface area contributed by atoms with E-state index in [1.54, 1.807) is 36.4 Å². The standard InChI is InChI=1S/C21H24N2O5/c1-13(2)12-28-18-6-4-5-16(11-18)20(25)23-17-9-7-15(8-10-17)19(24)22-14(3)21(26)27/h4-11,13-14H,12H2,1-3H3,(H,22,24)(H,23,25)(H,26,27). The van der Waals surface area contributed by atoms with Crippen LogP contribution < -0.4 is 15.4 Å². The van der Waals surface area contributed by atoms with Gasteiger partial charge >= 0.3 is 5.97 Å². The molecular formula is C21H24N2O5. The minimum Gasteiger partial charge on any atom is -0.493 e. The highest BCUT2D eigenvalue weighted by atomic mass is 16.5. The molecular weight excluding hydrogens is 360 g/mol. The fourth-order valence-electron chi connectivity index (χ4n) is 2.24. The quantitative estimate of drug-likeness (QED) is 0.648. The maximum absolute atomic E-state index is 12.4. The summed E-state index contributed by atoms with van der Waals surface area (Å²) >= 11 is 0. The molecule has 2 aromatic carbocycles. The summed E-state index contributed by atoms with van der Waals surface area (Å²) in [5, 5.41) is 14.0. The summed E-state index contributed by atoms with van der Waals surface area (Å²) in [5.41, 5.74) is 1.27. The van der Waals surface area contributed by atoms with E-state index in [0.717, 1.165) is 0 Å². The van der Waals surface area contributed by atoms with Crippen LogP contribution in [-0.2, 0) is 4.79 Å². The fourth-order valence-corrected chi connectivity index (χ4v) is 2.24. The number of anilines is 1. The minimum atomic E-state index is -1.11. The van der Waals surface area contributed by atoms with Crippen LogP contribution in [0.4, 0.5) is 5.69 Å². The van der Waals surface area contributed by atoms with E-state index < -0.39 is 17.9 Å². The highest BCUT2D eigenvalue weighted by Crippen LogP contribution is 2.17. The number of carboxylic acids is 1. The van der Waals surface area contributed by atoms with E-state index in [9.17, 15) is 14.4 Å². The molecule has 7 nitrogen and oxygen atoms in total. The van der Waals surface area contributed by atoms with Crippen LogP contribution in [0, 0.1) is 5.92 Å². The Morgan fingerprint density at radius 1 is 0.964 bits per heavy atom. The molecule has 0 spiro atoms. The van der Waals surface area contributed by atoms with Crippen molar-refractivity contribution < 1.29 is 24.2 Å². The number of carbonyl (C=O) groups is 3. The summed E-state index contributed by atoms with van der Waals surface area (Å²) < 4.78 is 5.63. The predicted octanol–water partition coefficient (Wildman–Crippen LogP) is 3.18. The van der Waals surface area contributed by atoms with E-state index in [2.05, 4.69) is 10.6 Å². The molecule has 1 atom stereocenters. The summed E-state index contributed by atoms with van der Waals surface area (Å²) in [7, 11) is 0. The summed E-state index contributed by atoms with van der Waals surface area (Å²) in [6.07, 6.45) is 0. The van der Waals surface area contributed by atoms with Gasteiger partial charge in [-0.25, -0.2) is 0 Å². The van der Waals surface area contributed by atoms with Crippen molar-refractivity contribution in [1.29, 1.82) is 0 Å². The van der Waals surface area contributed by atoms with Crippen LogP contribution >= 0.6 is 0 Å². The molecule has 0 heterocycles. The Morgan fingerprint density at radius 2 is 1.64 bits per heavy atom. The molecule has 3 N–H and O–H groups in total. The molecule has 2 amide bonds. The molecule has 0 saturated carbocycles. The topological polar surface area (TPSA) is 105 Å². The van der Waals surface area contributed by atoms with E-state index in [1.807, 2.05) is 13.8 Å². The van der Waals surface area contributed by atoms with Crippen LogP contribution in [0.3, 0.4) is 0 Å². The van der Waals surface area contributed by atoms with E-state index in [4.69, 9.17) is 9.84 Å². The lowest BCUT2D eigenvalue weighted by Gasteiger charge is -2.11. The third kappa shape index (κ3) is 6.12. The summed E-state index contributed by atoms with van der Waals surface area (Å²) in [5.74, 6) is -0.904. The number of hydrogen-bond donors (Lipinski definition) is 3. The fraction of sp³-hybridized carbons (Fsp3) is 0.286. The van der Waals surface area contributed by atoms with Crippen molar-refractivity contribution in [3.63, 3.8) is 0 Å². The Hall–Kier alpha value is -3.35. The first-order valence-corrected chi connectivity index (χ1v) is 8.94. The van der Waals surface area contributed by atoms with Gasteiger partial charge in [0.15, 0.2) is 0 Å². The minimum absolute atomic E-state index is 0.299. The summed E-state index contributed by atoms with van der Waals surface area (Å²) in [6.45, 7) is 6.04. The largest absolute Gasteiger partial charge is 0.493 e. The van der Waals surface area contributed by atoms with Gasteiger partial charge in [-0.15, -0.1) is 0 Å². The van der Waals surface area contributed by atoms with Crippen LogP contribution in [0.1, 0.15) is 41.5 Å². The summed E-state index contributed by atoms with van der Waals surface area (Å²) in [6, 6.07) is 12.1. The molecule has 2 aromatic rings. The van der Waals surface area contributed by atoms with Crippen molar-refractivity contribution in [2.24, 2.45) is 5.92 Å². The van der Waals surface area contributed by atoms with Crippen molar-refractivity contribution in [1.82, 2.24) is 5.32 Å². The second kappa shape index (κ2) is 9.55. The van der Waals surface area contributed by atoms with Crippen LogP contribution in [0.15, 0.2) is 48.5 Å². The smallest absolute Gasteiger partial charge is 0.325 e. The third-order valence-corrected chi connectivity index (χ3v) is 3.80. The van der Waals surface area contributed by atoms with Crippen LogP contribution in [-0.4, -0.2) is 35.5 Å². The van der Waals surface area contributed by atoms with Crippen molar-refractivity contribution in [3.05, 3.63) is 59.7 Å². The van der Waals surface area contributed by atoms with E-state index in [-0.39, 0.29) is 5.91 Å². The maximum atomic E-state index is 12.4. The lowest BCUT2D eigenvalue weighted by molar-refractivity contribution is -0.138. The molecule has 0 saturated heterocycles. The normalized spacial score (nSPS) is 11.6. The molecule has 2 rings (SSSR count). The molecule has 0 aromatic heterocycles. The molecule has 0 fully saturated rings. The van der Waals surface area contributed by atoms with Gasteiger partial charge in [0.05, 0.1) is 6.61 Å². The molecule has 0 aliphatic rings. The Bertz CT molecular complexity index is 846. The van der Waals surface area contributed by atoms with Gasteiger partial charge in [-0.1, -0.05) is 19.9 Å². The van der Waals surface area contributed by atoms with Gasteiger partial charge in [0.2, 0.25) is 0 Å². The number of benzene rings is 2. The van der Waals surface area contributed by atoms with E-state index in [1.165, 1.54) is 19.1 Å². The molecule has 0 bridgehead atoms. The number of nitrogens with one attached hydrogen (secondary N) is 2. The van der Waals surface area contributed by atoms with Gasteiger partial charge in [0.1, 0.15) is 11.8 Å². The number of aliphatic carboxylic acids is 1. The number of carbonyl (C=O) groups excluding carboxylic acids is 2. The summed E-state index contributed by atoms with van der Waals surface area (Å²) in [4.78, 5) is 35.2. The Kier molecular flexibility index (Phi) is 7.14. The Balaban J connectivity index is 2.00. The molecule has 148 valence electrons. The number of ether oxygens (including phenoxy) is 1. The molecule has 28 heavy (non-hydrogen) atoms. The lowest BCUT2D eigenvalue weighted by atomic mass is 10.1. The second-order valence-electron chi connectivity index (χ2n) is 6.80. The zero-order chi connectivity index (χ0) is 20.7. The Labute approximate surface area is 163 Å². The number of hydrogen-bond acceptors (Lipinski definition) is 4. The predicted molar refractivity (Wildman–Crippen MR) is 106 cm³/mol. The van der Waals surface area contributed by atoms with Gasteiger partial charge in [-0.3, -0.25) is 14.4 Å². The molecule has 7 heteroatoms. The lowest BCUT2D eigenvalue weighted by Crippen LogP contribution is -2.38. The first kappa shape index (κ1) is 21.0. The van der Waals surface area contributed by atoms with Crippen molar-refractivity contribution in [2.75, 3.05) is 11.9 Å². The van der Waals surface area contributed by atoms with Crippen molar-refractivity contribution >= 4 is 23.5 Å². The number of amides is 2. The van der Waals surface area contributed by atoms with Crippen LogP contribution in [0.25, 0.3) is 0 Å². The highest BCUT2D eigenvalue weighted by molar-refractivity contribution is 6.05. The van der Waals surface area contributed by atoms with E-state index >= 15 is 0 Å². The zero-order valence-corrected chi connectivity index (χ0v) is 16.1. The molecule has 1 unspecified atom stereocenters. The maximum Gasteiger partial charge on any atom is 0.325 e. The number of carboxylic acid groups (broad SMARTS) is 1. The van der Waals surface area contributed by atoms with Crippen molar-refractivity contribution in [3.8, 4) is 5.75 Å². The van der Waals surface area contributed by atoms with Crippen LogP contribution in [0.2, 0.25) is 0 Å². The van der Waals surface area contributed by atoms with Gasteiger partial charge in [-0.2, -0.15) is 0 Å². The molecule has 0 radical (unpaired) electrons. The van der Waals surface area contributed by atoms with Gasteiger partial charge in [-0.05, 0) is 55.3 Å². The van der Waals surface area contributed by atoms with E-state index in [0.29, 0.717) is 35.1 Å². The van der Waals surface area contributed by atoms with Crippen molar-refractivity contribution in [2.45, 2.75) is 26.8 Å². The first-order valence-electron chi connectivity index (χ1n) is 8.94.